The van der Waals surface area contributed by atoms with Gasteiger partial charge in [-0.25, -0.2) is 0 Å². The summed E-state index contributed by atoms with van der Waals surface area (Å²) in [6.45, 7) is 3.64. The van der Waals surface area contributed by atoms with Gasteiger partial charge >= 0.3 is 5.97 Å². The summed E-state index contributed by atoms with van der Waals surface area (Å²) in [7, 11) is 0. The Morgan fingerprint density at radius 3 is 2.40 bits per heavy atom. The Kier molecular flexibility index (Phi) is 4.73. The summed E-state index contributed by atoms with van der Waals surface area (Å²) in [4.78, 5) is 37.1. The molecule has 2 unspecified atom stereocenters. The number of amides is 2. The maximum atomic E-state index is 12.4. The zero-order valence-corrected chi connectivity index (χ0v) is 12.7. The molecule has 0 radical (unpaired) electrons. The fourth-order valence-corrected chi connectivity index (χ4v) is 4.21. The highest BCUT2D eigenvalue weighted by molar-refractivity contribution is 8.01. The van der Waals surface area contributed by atoms with Crippen LogP contribution in [-0.4, -0.2) is 44.3 Å². The molecule has 0 spiro atoms. The van der Waals surface area contributed by atoms with E-state index in [1.54, 1.807) is 0 Å². The SMILES string of the molecule is CC(C)C(SC1CC(=O)N(C2CCCC2)C1=O)C(=O)O. The Hall–Kier alpha value is -1.04. The van der Waals surface area contributed by atoms with E-state index in [2.05, 4.69) is 0 Å². The van der Waals surface area contributed by atoms with Gasteiger partial charge in [0.1, 0.15) is 5.25 Å². The van der Waals surface area contributed by atoms with Gasteiger partial charge in [-0.05, 0) is 18.8 Å². The molecule has 1 saturated heterocycles. The van der Waals surface area contributed by atoms with Crippen molar-refractivity contribution in [3.05, 3.63) is 0 Å². The van der Waals surface area contributed by atoms with Gasteiger partial charge < -0.3 is 5.11 Å². The van der Waals surface area contributed by atoms with E-state index in [-0.39, 0.29) is 30.2 Å². The van der Waals surface area contributed by atoms with Crippen LogP contribution in [0.5, 0.6) is 0 Å². The molecule has 112 valence electrons. The smallest absolute Gasteiger partial charge is 0.316 e. The van der Waals surface area contributed by atoms with E-state index in [9.17, 15) is 19.5 Å². The second-order valence-corrected chi connectivity index (χ2v) is 7.22. The van der Waals surface area contributed by atoms with E-state index >= 15 is 0 Å². The Morgan fingerprint density at radius 1 is 1.30 bits per heavy atom. The molecule has 2 amide bonds. The van der Waals surface area contributed by atoms with Gasteiger partial charge in [-0.1, -0.05) is 26.7 Å². The number of nitrogens with zero attached hydrogens (tertiary/aromatic N) is 1. The van der Waals surface area contributed by atoms with Crippen molar-refractivity contribution in [1.29, 1.82) is 0 Å². The van der Waals surface area contributed by atoms with E-state index in [4.69, 9.17) is 0 Å². The zero-order valence-electron chi connectivity index (χ0n) is 11.9. The number of rotatable bonds is 5. The predicted molar refractivity (Wildman–Crippen MR) is 76.4 cm³/mol. The van der Waals surface area contributed by atoms with Crippen LogP contribution in [0.4, 0.5) is 0 Å². The van der Waals surface area contributed by atoms with Gasteiger partial charge in [0.05, 0.1) is 5.25 Å². The number of thioether (sulfide) groups is 1. The van der Waals surface area contributed by atoms with Gasteiger partial charge in [-0.3, -0.25) is 19.3 Å². The molecule has 0 aromatic carbocycles. The van der Waals surface area contributed by atoms with Gasteiger partial charge in [0.2, 0.25) is 11.8 Å². The van der Waals surface area contributed by atoms with Gasteiger partial charge in [0.15, 0.2) is 0 Å². The molecule has 1 aliphatic carbocycles. The lowest BCUT2D eigenvalue weighted by Gasteiger charge is -2.23. The van der Waals surface area contributed by atoms with Crippen LogP contribution < -0.4 is 0 Å². The molecular formula is C14H21NO4S. The van der Waals surface area contributed by atoms with Gasteiger partial charge in [0, 0.05) is 12.5 Å². The monoisotopic (exact) mass is 299 g/mol. The minimum Gasteiger partial charge on any atom is -0.480 e. The third-order valence-corrected chi connectivity index (χ3v) is 5.73. The van der Waals surface area contributed by atoms with Crippen LogP contribution in [0.25, 0.3) is 0 Å². The molecule has 2 fully saturated rings. The molecule has 20 heavy (non-hydrogen) atoms. The molecule has 1 heterocycles. The second kappa shape index (κ2) is 6.16. The first kappa shape index (κ1) is 15.4. The first-order valence-electron chi connectivity index (χ1n) is 7.16. The first-order chi connectivity index (χ1) is 9.41. The van der Waals surface area contributed by atoms with E-state index in [1.165, 1.54) is 4.90 Å². The van der Waals surface area contributed by atoms with Crippen molar-refractivity contribution in [2.75, 3.05) is 0 Å². The minimum absolute atomic E-state index is 0.0444. The Bertz CT molecular complexity index is 417. The van der Waals surface area contributed by atoms with E-state index in [0.29, 0.717) is 0 Å². The Labute approximate surface area is 123 Å². The van der Waals surface area contributed by atoms with Crippen molar-refractivity contribution in [2.24, 2.45) is 5.92 Å². The highest BCUT2D eigenvalue weighted by atomic mass is 32.2. The number of carbonyl (C=O) groups excluding carboxylic acids is 2. The van der Waals surface area contributed by atoms with Crippen molar-refractivity contribution in [1.82, 2.24) is 4.90 Å². The molecule has 2 atom stereocenters. The van der Waals surface area contributed by atoms with Gasteiger partial charge in [-0.2, -0.15) is 0 Å². The van der Waals surface area contributed by atoms with Crippen molar-refractivity contribution in [3.63, 3.8) is 0 Å². The van der Waals surface area contributed by atoms with Crippen LogP contribution in [0, 0.1) is 5.92 Å². The van der Waals surface area contributed by atoms with Gasteiger partial charge in [0.25, 0.3) is 0 Å². The van der Waals surface area contributed by atoms with Crippen LogP contribution in [0.2, 0.25) is 0 Å². The summed E-state index contributed by atoms with van der Waals surface area (Å²) < 4.78 is 0. The summed E-state index contributed by atoms with van der Waals surface area (Å²) in [5, 5.41) is 8.04. The predicted octanol–water partition coefficient (Wildman–Crippen LogP) is 1.90. The van der Waals surface area contributed by atoms with E-state index in [0.717, 1.165) is 37.4 Å². The van der Waals surface area contributed by atoms with Crippen LogP contribution in [0.15, 0.2) is 0 Å². The Morgan fingerprint density at radius 2 is 1.90 bits per heavy atom. The fraction of sp³-hybridized carbons (Fsp3) is 0.786. The third-order valence-electron chi connectivity index (χ3n) is 3.99. The molecular weight excluding hydrogens is 278 g/mol. The van der Waals surface area contributed by atoms with Crippen LogP contribution in [0.3, 0.4) is 0 Å². The number of hydrogen-bond donors (Lipinski definition) is 1. The van der Waals surface area contributed by atoms with Gasteiger partial charge in [-0.15, -0.1) is 11.8 Å². The molecule has 1 aliphatic heterocycles. The third kappa shape index (κ3) is 3.00. The highest BCUT2D eigenvalue weighted by Gasteiger charge is 2.45. The lowest BCUT2D eigenvalue weighted by atomic mass is 10.1. The molecule has 1 N–H and O–H groups in total. The molecule has 0 aromatic rings. The second-order valence-electron chi connectivity index (χ2n) is 5.87. The summed E-state index contributed by atoms with van der Waals surface area (Å²) in [6.07, 6.45) is 4.05. The average Bonchev–Trinajstić information content (AvgIpc) is 2.94. The number of likely N-dealkylation sites (tertiary alicyclic amines) is 1. The van der Waals surface area contributed by atoms with Crippen LogP contribution >= 0.6 is 11.8 Å². The quantitative estimate of drug-likeness (QED) is 0.785. The lowest BCUT2D eigenvalue weighted by Crippen LogP contribution is -2.39. The molecule has 0 aromatic heterocycles. The van der Waals surface area contributed by atoms with Crippen LogP contribution in [0.1, 0.15) is 46.0 Å². The molecule has 2 rings (SSSR count). The Balaban J connectivity index is 2.05. The molecule has 2 aliphatic rings. The van der Waals surface area contributed by atoms with E-state index < -0.39 is 16.5 Å². The molecule has 6 heteroatoms. The fourth-order valence-electron chi connectivity index (χ4n) is 2.95. The number of carbonyl (C=O) groups is 3. The summed E-state index contributed by atoms with van der Waals surface area (Å²) >= 11 is 1.13. The first-order valence-corrected chi connectivity index (χ1v) is 8.10. The summed E-state index contributed by atoms with van der Waals surface area (Å²) in [5.74, 6) is -1.29. The van der Waals surface area contributed by atoms with Crippen molar-refractivity contribution in [3.8, 4) is 0 Å². The molecule has 1 saturated carbocycles. The average molecular weight is 299 g/mol. The van der Waals surface area contributed by atoms with Crippen molar-refractivity contribution >= 4 is 29.5 Å². The number of hydrogen-bond acceptors (Lipinski definition) is 4. The molecule has 0 bridgehead atoms. The lowest BCUT2D eigenvalue weighted by molar-refractivity contribution is -0.141. The van der Waals surface area contributed by atoms with E-state index in [1.807, 2.05) is 13.8 Å². The number of carboxylic acid groups (broad SMARTS) is 1. The van der Waals surface area contributed by atoms with Crippen LogP contribution in [-0.2, 0) is 14.4 Å². The highest BCUT2D eigenvalue weighted by Crippen LogP contribution is 2.35. The topological polar surface area (TPSA) is 74.7 Å². The molecule has 5 nitrogen and oxygen atoms in total. The number of aliphatic carboxylic acids is 1. The standard InChI is InChI=1S/C14H21NO4S/c1-8(2)12(14(18)19)20-10-7-11(16)15(13(10)17)9-5-3-4-6-9/h8-10,12H,3-7H2,1-2H3,(H,18,19). The zero-order chi connectivity index (χ0) is 14.9. The maximum absolute atomic E-state index is 12.4. The largest absolute Gasteiger partial charge is 0.480 e. The van der Waals surface area contributed by atoms with Crippen molar-refractivity contribution < 1.29 is 19.5 Å². The summed E-state index contributed by atoms with van der Waals surface area (Å²) in [6, 6.07) is 0.0444. The van der Waals surface area contributed by atoms with Crippen molar-refractivity contribution in [2.45, 2.75) is 62.5 Å². The minimum atomic E-state index is -0.912. The number of imide groups is 1. The summed E-state index contributed by atoms with van der Waals surface area (Å²) in [5.41, 5.74) is 0. The maximum Gasteiger partial charge on any atom is 0.316 e. The normalized spacial score (nSPS) is 25.8. The number of carboxylic acids is 1.